The van der Waals surface area contributed by atoms with Crippen LogP contribution in [0.15, 0.2) is 60.8 Å². The molecule has 1 nitrogen and oxygen atoms in total. The van der Waals surface area contributed by atoms with Gasteiger partial charge in [-0.2, -0.15) is 0 Å². The lowest BCUT2D eigenvalue weighted by molar-refractivity contribution is 0.632. The Balaban J connectivity index is 1.71. The summed E-state index contributed by atoms with van der Waals surface area (Å²) in [5, 5.41) is 0. The Morgan fingerprint density at radius 3 is 2.11 bits per heavy atom. The fourth-order valence-corrected chi connectivity index (χ4v) is 3.53. The Bertz CT molecular complexity index is 866. The molecule has 2 heteroatoms. The molecule has 0 aliphatic carbocycles. The summed E-state index contributed by atoms with van der Waals surface area (Å²) < 4.78 is 14.8. The van der Waals surface area contributed by atoms with Crippen molar-refractivity contribution in [1.82, 2.24) is 4.98 Å². The van der Waals surface area contributed by atoms with E-state index in [1.807, 2.05) is 42.6 Å². The number of hydrogen-bond donors (Lipinski definition) is 0. The van der Waals surface area contributed by atoms with Gasteiger partial charge >= 0.3 is 0 Å². The molecule has 146 valence electrons. The van der Waals surface area contributed by atoms with E-state index in [4.69, 9.17) is 0 Å². The van der Waals surface area contributed by atoms with Crippen molar-refractivity contribution in [3.63, 3.8) is 0 Å². The van der Waals surface area contributed by atoms with Crippen molar-refractivity contribution in [2.75, 3.05) is 0 Å². The summed E-state index contributed by atoms with van der Waals surface area (Å²) in [4.78, 5) is 4.48. The van der Waals surface area contributed by atoms with E-state index in [0.717, 1.165) is 41.6 Å². The van der Waals surface area contributed by atoms with Crippen LogP contribution in [-0.4, -0.2) is 4.98 Å². The van der Waals surface area contributed by atoms with Gasteiger partial charge in [0.05, 0.1) is 0 Å². The van der Waals surface area contributed by atoms with Crippen molar-refractivity contribution in [2.24, 2.45) is 0 Å². The summed E-state index contributed by atoms with van der Waals surface area (Å²) in [6.45, 7) is 4.37. The number of rotatable bonds is 9. The van der Waals surface area contributed by atoms with E-state index in [1.165, 1.54) is 31.2 Å². The second-order valence-corrected chi connectivity index (χ2v) is 7.49. The van der Waals surface area contributed by atoms with Crippen LogP contribution in [0.3, 0.4) is 0 Å². The maximum atomic E-state index is 14.8. The van der Waals surface area contributed by atoms with Gasteiger partial charge in [-0.05, 0) is 48.1 Å². The predicted octanol–water partition coefficient (Wildman–Crippen LogP) is 7.63. The van der Waals surface area contributed by atoms with Crippen molar-refractivity contribution in [1.29, 1.82) is 0 Å². The topological polar surface area (TPSA) is 12.9 Å². The summed E-state index contributed by atoms with van der Waals surface area (Å²) in [6.07, 6.45) is 10.1. The molecule has 0 fully saturated rings. The summed E-state index contributed by atoms with van der Waals surface area (Å²) in [5.74, 6) is -0.189. The van der Waals surface area contributed by atoms with Crippen LogP contribution in [0.1, 0.15) is 57.2 Å². The number of hydrogen-bond acceptors (Lipinski definition) is 1. The SMILES string of the molecule is CCCCCCc1ccc(-c2ccc(-c3ccc(CCC)nc3)cc2F)cc1. The lowest BCUT2D eigenvalue weighted by atomic mass is 9.98. The Labute approximate surface area is 168 Å². The first kappa shape index (κ1) is 20.3. The molecule has 0 spiro atoms. The molecular formula is C26H30FN. The summed E-state index contributed by atoms with van der Waals surface area (Å²) in [6, 6.07) is 17.9. The predicted molar refractivity (Wildman–Crippen MR) is 117 cm³/mol. The molecule has 1 heterocycles. The summed E-state index contributed by atoms with van der Waals surface area (Å²) in [7, 11) is 0. The van der Waals surface area contributed by atoms with Crippen LogP contribution in [0.2, 0.25) is 0 Å². The van der Waals surface area contributed by atoms with Gasteiger partial charge in [-0.3, -0.25) is 4.98 Å². The average molecular weight is 376 g/mol. The first-order valence-corrected chi connectivity index (χ1v) is 10.6. The highest BCUT2D eigenvalue weighted by Gasteiger charge is 2.08. The van der Waals surface area contributed by atoms with E-state index < -0.39 is 0 Å². The fourth-order valence-electron chi connectivity index (χ4n) is 3.53. The molecule has 0 atom stereocenters. The molecule has 1 aromatic heterocycles. The Morgan fingerprint density at radius 1 is 0.714 bits per heavy atom. The minimum Gasteiger partial charge on any atom is -0.261 e. The standard InChI is InChI=1S/C26H30FN/c1-3-5-6-7-9-20-10-12-21(13-11-20)25-17-15-22(18-26(25)27)23-14-16-24(8-4-2)28-19-23/h10-19H,3-9H2,1-2H3. The van der Waals surface area contributed by atoms with Crippen LogP contribution in [0.5, 0.6) is 0 Å². The molecule has 0 bridgehead atoms. The molecule has 3 aromatic rings. The van der Waals surface area contributed by atoms with Gasteiger partial charge in [0.15, 0.2) is 0 Å². The second-order valence-electron chi connectivity index (χ2n) is 7.49. The number of aromatic nitrogens is 1. The molecule has 0 amide bonds. The van der Waals surface area contributed by atoms with Crippen molar-refractivity contribution in [3.8, 4) is 22.3 Å². The summed E-state index contributed by atoms with van der Waals surface area (Å²) >= 11 is 0. The minimum atomic E-state index is -0.189. The van der Waals surface area contributed by atoms with Crippen molar-refractivity contribution in [3.05, 3.63) is 77.9 Å². The van der Waals surface area contributed by atoms with Gasteiger partial charge in [0, 0.05) is 23.0 Å². The largest absolute Gasteiger partial charge is 0.261 e. The molecule has 0 unspecified atom stereocenters. The van der Waals surface area contributed by atoms with Gasteiger partial charge < -0.3 is 0 Å². The normalized spacial score (nSPS) is 11.0. The van der Waals surface area contributed by atoms with Gasteiger partial charge in [0.1, 0.15) is 5.82 Å². The van der Waals surface area contributed by atoms with E-state index in [2.05, 4.69) is 31.0 Å². The average Bonchev–Trinajstić information content (AvgIpc) is 2.73. The fraction of sp³-hybridized carbons (Fsp3) is 0.346. The second kappa shape index (κ2) is 10.2. The third-order valence-corrected chi connectivity index (χ3v) is 5.22. The summed E-state index contributed by atoms with van der Waals surface area (Å²) in [5.41, 5.74) is 5.81. The molecule has 0 aliphatic rings. The first-order valence-electron chi connectivity index (χ1n) is 10.6. The third kappa shape index (κ3) is 5.28. The minimum absolute atomic E-state index is 0.189. The number of aryl methyl sites for hydroxylation is 2. The number of unbranched alkanes of at least 4 members (excludes halogenated alkanes) is 3. The quantitative estimate of drug-likeness (QED) is 0.350. The van der Waals surface area contributed by atoms with Crippen LogP contribution in [0.4, 0.5) is 4.39 Å². The molecule has 0 saturated heterocycles. The maximum Gasteiger partial charge on any atom is 0.131 e. The van der Waals surface area contributed by atoms with Gasteiger partial charge in [0.2, 0.25) is 0 Å². The van der Waals surface area contributed by atoms with Gasteiger partial charge in [-0.1, -0.05) is 82.0 Å². The number of halogens is 1. The number of nitrogens with zero attached hydrogens (tertiary/aromatic N) is 1. The van der Waals surface area contributed by atoms with Crippen molar-refractivity contribution in [2.45, 2.75) is 58.8 Å². The Kier molecular flexibility index (Phi) is 7.36. The van der Waals surface area contributed by atoms with E-state index in [0.29, 0.717) is 5.56 Å². The van der Waals surface area contributed by atoms with E-state index in [1.54, 1.807) is 6.07 Å². The van der Waals surface area contributed by atoms with E-state index >= 15 is 0 Å². The smallest absolute Gasteiger partial charge is 0.131 e. The molecule has 2 aromatic carbocycles. The lowest BCUT2D eigenvalue weighted by Gasteiger charge is -2.09. The number of benzene rings is 2. The highest BCUT2D eigenvalue weighted by Crippen LogP contribution is 2.28. The molecule has 0 aliphatic heterocycles. The molecule has 3 rings (SSSR count). The van der Waals surface area contributed by atoms with E-state index in [9.17, 15) is 4.39 Å². The monoisotopic (exact) mass is 375 g/mol. The molecule has 0 saturated carbocycles. The van der Waals surface area contributed by atoms with E-state index in [-0.39, 0.29) is 5.82 Å². The molecule has 0 N–H and O–H groups in total. The van der Waals surface area contributed by atoms with Crippen LogP contribution in [0.25, 0.3) is 22.3 Å². The van der Waals surface area contributed by atoms with Gasteiger partial charge in [-0.25, -0.2) is 4.39 Å². The molecule has 0 radical (unpaired) electrons. The van der Waals surface area contributed by atoms with Crippen LogP contribution in [-0.2, 0) is 12.8 Å². The highest BCUT2D eigenvalue weighted by atomic mass is 19.1. The molecule has 28 heavy (non-hydrogen) atoms. The van der Waals surface area contributed by atoms with Crippen molar-refractivity contribution < 1.29 is 4.39 Å². The Morgan fingerprint density at radius 2 is 1.46 bits per heavy atom. The highest BCUT2D eigenvalue weighted by molar-refractivity contribution is 5.70. The zero-order valence-electron chi connectivity index (χ0n) is 17.0. The van der Waals surface area contributed by atoms with Gasteiger partial charge in [0.25, 0.3) is 0 Å². The van der Waals surface area contributed by atoms with Crippen LogP contribution < -0.4 is 0 Å². The van der Waals surface area contributed by atoms with Crippen LogP contribution in [0, 0.1) is 5.82 Å². The van der Waals surface area contributed by atoms with Crippen molar-refractivity contribution >= 4 is 0 Å². The zero-order valence-corrected chi connectivity index (χ0v) is 17.0. The Hall–Kier alpha value is -2.48. The maximum absolute atomic E-state index is 14.8. The van der Waals surface area contributed by atoms with Crippen LogP contribution >= 0.6 is 0 Å². The lowest BCUT2D eigenvalue weighted by Crippen LogP contribution is -1.91. The molecular weight excluding hydrogens is 345 g/mol. The zero-order chi connectivity index (χ0) is 19.8. The number of pyridine rings is 1. The third-order valence-electron chi connectivity index (χ3n) is 5.22. The first-order chi connectivity index (χ1) is 13.7. The van der Waals surface area contributed by atoms with Gasteiger partial charge in [-0.15, -0.1) is 0 Å².